The van der Waals surface area contributed by atoms with Gasteiger partial charge in [0.05, 0.1) is 17.9 Å². The second-order valence-electron chi connectivity index (χ2n) is 5.66. The molecule has 0 radical (unpaired) electrons. The maximum absolute atomic E-state index is 12.5. The average molecular weight is 288 g/mol. The van der Waals surface area contributed by atoms with E-state index in [1.807, 2.05) is 24.3 Å². The molecule has 6 nitrogen and oxygen atoms in total. The van der Waals surface area contributed by atoms with Gasteiger partial charge in [0.1, 0.15) is 6.54 Å². The van der Waals surface area contributed by atoms with E-state index in [-0.39, 0.29) is 24.4 Å². The Balaban J connectivity index is 1.71. The summed E-state index contributed by atoms with van der Waals surface area (Å²) >= 11 is 0. The second kappa shape index (κ2) is 5.83. The Hall–Kier alpha value is -1.92. The first-order valence-corrected chi connectivity index (χ1v) is 7.30. The average Bonchev–Trinajstić information content (AvgIpc) is 2.48. The van der Waals surface area contributed by atoms with E-state index in [1.165, 1.54) is 0 Å². The first kappa shape index (κ1) is 14.0. The van der Waals surface area contributed by atoms with Gasteiger partial charge in [-0.3, -0.25) is 19.4 Å². The van der Waals surface area contributed by atoms with Crippen LogP contribution < -0.4 is 16.0 Å². The van der Waals surface area contributed by atoms with Crippen molar-refractivity contribution < 1.29 is 9.59 Å². The summed E-state index contributed by atoms with van der Waals surface area (Å²) in [6.07, 6.45) is 1.84. The quantitative estimate of drug-likeness (QED) is 0.825. The van der Waals surface area contributed by atoms with Gasteiger partial charge in [-0.2, -0.15) is 0 Å². The van der Waals surface area contributed by atoms with E-state index in [9.17, 15) is 9.59 Å². The van der Waals surface area contributed by atoms with Gasteiger partial charge >= 0.3 is 0 Å². The number of nitrogens with two attached hydrogens (primary N) is 1. The van der Waals surface area contributed by atoms with Crippen LogP contribution in [0.2, 0.25) is 0 Å². The lowest BCUT2D eigenvalue weighted by Crippen LogP contribution is -2.49. The van der Waals surface area contributed by atoms with Crippen molar-refractivity contribution in [1.29, 1.82) is 0 Å². The number of rotatable bonds is 2. The third-order valence-corrected chi connectivity index (χ3v) is 4.06. The Morgan fingerprint density at radius 2 is 2.00 bits per heavy atom. The zero-order valence-electron chi connectivity index (χ0n) is 11.9. The van der Waals surface area contributed by atoms with Gasteiger partial charge in [0.25, 0.3) is 0 Å². The first-order chi connectivity index (χ1) is 10.1. The molecular formula is C15H20N4O2. The molecule has 0 aliphatic carbocycles. The molecule has 1 saturated heterocycles. The fourth-order valence-electron chi connectivity index (χ4n) is 2.84. The normalized spacial score (nSPS) is 20.0. The summed E-state index contributed by atoms with van der Waals surface area (Å²) in [7, 11) is 0. The van der Waals surface area contributed by atoms with E-state index in [4.69, 9.17) is 5.73 Å². The van der Waals surface area contributed by atoms with Gasteiger partial charge in [-0.25, -0.2) is 0 Å². The van der Waals surface area contributed by atoms with E-state index in [0.717, 1.165) is 31.6 Å². The zero-order chi connectivity index (χ0) is 14.8. The Labute approximate surface area is 123 Å². The number of piperidine rings is 1. The van der Waals surface area contributed by atoms with Crippen LogP contribution in [-0.2, 0) is 9.59 Å². The van der Waals surface area contributed by atoms with Crippen LogP contribution in [0.1, 0.15) is 12.8 Å². The van der Waals surface area contributed by atoms with Gasteiger partial charge in [-0.1, -0.05) is 12.1 Å². The van der Waals surface area contributed by atoms with Gasteiger partial charge in [0, 0.05) is 19.1 Å². The first-order valence-electron chi connectivity index (χ1n) is 7.30. The molecule has 2 aliphatic rings. The number of nitrogens with zero attached hydrogens (tertiary/aromatic N) is 2. The highest BCUT2D eigenvalue weighted by Crippen LogP contribution is 2.29. The highest BCUT2D eigenvalue weighted by molar-refractivity contribution is 6.10. The number of likely N-dealkylation sites (tertiary alicyclic amines) is 1. The largest absolute Gasteiger partial charge is 0.328 e. The van der Waals surface area contributed by atoms with Gasteiger partial charge in [0.2, 0.25) is 11.8 Å². The second-order valence-corrected chi connectivity index (χ2v) is 5.66. The topological polar surface area (TPSA) is 78.7 Å². The number of anilines is 2. The minimum absolute atomic E-state index is 0.0345. The standard InChI is InChI=1S/C15H20N4O2/c16-11-5-7-18(8-6-11)10-15(21)19-9-14(20)17-12-3-1-2-4-13(12)19/h1-4,11H,5-10,16H2,(H,17,20). The number of para-hydroxylation sites is 2. The van der Waals surface area contributed by atoms with Gasteiger partial charge in [-0.15, -0.1) is 0 Å². The summed E-state index contributed by atoms with van der Waals surface area (Å²) in [6.45, 7) is 2.11. The molecule has 3 rings (SSSR count). The van der Waals surface area contributed by atoms with Crippen LogP contribution in [-0.4, -0.2) is 48.9 Å². The molecule has 1 aromatic rings. The van der Waals surface area contributed by atoms with Crippen molar-refractivity contribution in [3.8, 4) is 0 Å². The lowest BCUT2D eigenvalue weighted by molar-refractivity contribution is -0.122. The molecule has 2 aliphatic heterocycles. The number of carbonyl (C=O) groups is 2. The fraction of sp³-hybridized carbons (Fsp3) is 0.467. The number of amides is 2. The molecule has 0 bridgehead atoms. The van der Waals surface area contributed by atoms with E-state index in [0.29, 0.717) is 12.2 Å². The molecule has 1 fully saturated rings. The van der Waals surface area contributed by atoms with Gasteiger partial charge < -0.3 is 11.1 Å². The summed E-state index contributed by atoms with van der Waals surface area (Å²) in [5.74, 6) is -0.185. The smallest absolute Gasteiger partial charge is 0.244 e. The van der Waals surface area contributed by atoms with Gasteiger partial charge in [-0.05, 0) is 25.0 Å². The molecular weight excluding hydrogens is 268 g/mol. The van der Waals surface area contributed by atoms with Crippen LogP contribution in [0.5, 0.6) is 0 Å². The van der Waals surface area contributed by atoms with Crippen LogP contribution >= 0.6 is 0 Å². The van der Waals surface area contributed by atoms with E-state index in [1.54, 1.807) is 4.90 Å². The Morgan fingerprint density at radius 1 is 1.29 bits per heavy atom. The predicted octanol–water partition coefficient (Wildman–Crippen LogP) is 0.395. The van der Waals surface area contributed by atoms with Crippen molar-refractivity contribution >= 4 is 23.2 Å². The lowest BCUT2D eigenvalue weighted by Gasteiger charge is -2.33. The van der Waals surface area contributed by atoms with Crippen molar-refractivity contribution in [1.82, 2.24) is 4.90 Å². The molecule has 3 N–H and O–H groups in total. The third-order valence-electron chi connectivity index (χ3n) is 4.06. The molecule has 0 unspecified atom stereocenters. The fourth-order valence-corrected chi connectivity index (χ4v) is 2.84. The maximum Gasteiger partial charge on any atom is 0.244 e. The summed E-state index contributed by atoms with van der Waals surface area (Å²) in [5.41, 5.74) is 7.35. The van der Waals surface area contributed by atoms with Crippen LogP contribution in [0, 0.1) is 0 Å². The summed E-state index contributed by atoms with van der Waals surface area (Å²) in [6, 6.07) is 7.64. The Bertz CT molecular complexity index is 552. The molecule has 2 amide bonds. The zero-order valence-corrected chi connectivity index (χ0v) is 11.9. The van der Waals surface area contributed by atoms with E-state index >= 15 is 0 Å². The predicted molar refractivity (Wildman–Crippen MR) is 81.1 cm³/mol. The van der Waals surface area contributed by atoms with Crippen molar-refractivity contribution in [3.05, 3.63) is 24.3 Å². The number of benzene rings is 1. The molecule has 0 saturated carbocycles. The van der Waals surface area contributed by atoms with Crippen LogP contribution in [0.25, 0.3) is 0 Å². The number of fused-ring (bicyclic) bond motifs is 1. The van der Waals surface area contributed by atoms with Gasteiger partial charge in [0.15, 0.2) is 0 Å². The number of carbonyl (C=O) groups excluding carboxylic acids is 2. The summed E-state index contributed by atoms with van der Waals surface area (Å²) in [5, 5.41) is 2.79. The van der Waals surface area contributed by atoms with Crippen molar-refractivity contribution in [2.45, 2.75) is 18.9 Å². The van der Waals surface area contributed by atoms with Crippen LogP contribution in [0.15, 0.2) is 24.3 Å². The minimum atomic E-state index is -0.150. The van der Waals surface area contributed by atoms with Crippen molar-refractivity contribution in [3.63, 3.8) is 0 Å². The molecule has 1 aromatic carbocycles. The molecule has 6 heteroatoms. The highest BCUT2D eigenvalue weighted by atomic mass is 16.2. The number of nitrogens with one attached hydrogen (secondary N) is 1. The van der Waals surface area contributed by atoms with Crippen molar-refractivity contribution in [2.24, 2.45) is 5.73 Å². The number of hydrogen-bond acceptors (Lipinski definition) is 4. The van der Waals surface area contributed by atoms with E-state index < -0.39 is 0 Å². The van der Waals surface area contributed by atoms with Crippen molar-refractivity contribution in [2.75, 3.05) is 36.4 Å². The maximum atomic E-state index is 12.5. The van der Waals surface area contributed by atoms with E-state index in [2.05, 4.69) is 10.2 Å². The number of hydrogen-bond donors (Lipinski definition) is 2. The SMILES string of the molecule is NC1CCN(CC(=O)N2CC(=O)Nc3ccccc32)CC1. The monoisotopic (exact) mass is 288 g/mol. The molecule has 0 aromatic heterocycles. The van der Waals surface area contributed by atoms with Crippen LogP contribution in [0.3, 0.4) is 0 Å². The Kier molecular flexibility index (Phi) is 3.90. The molecule has 0 spiro atoms. The minimum Gasteiger partial charge on any atom is -0.328 e. The molecule has 21 heavy (non-hydrogen) atoms. The summed E-state index contributed by atoms with van der Waals surface area (Å²) < 4.78 is 0. The molecule has 0 atom stereocenters. The third kappa shape index (κ3) is 3.06. The molecule has 2 heterocycles. The molecule has 112 valence electrons. The Morgan fingerprint density at radius 3 is 2.76 bits per heavy atom. The lowest BCUT2D eigenvalue weighted by atomic mass is 10.1. The highest BCUT2D eigenvalue weighted by Gasteiger charge is 2.28. The summed E-state index contributed by atoms with van der Waals surface area (Å²) in [4.78, 5) is 28.0. The van der Waals surface area contributed by atoms with Crippen LogP contribution in [0.4, 0.5) is 11.4 Å².